The maximum Gasteiger partial charge on any atom is 0.277 e. The molecule has 10 heteroatoms. The molecule has 0 atom stereocenters. The van der Waals surface area contributed by atoms with Crippen molar-refractivity contribution >= 4 is 34.9 Å². The second-order valence-corrected chi connectivity index (χ2v) is 7.41. The molecule has 1 N–H and O–H groups in total. The van der Waals surface area contributed by atoms with E-state index in [2.05, 4.69) is 15.5 Å². The van der Waals surface area contributed by atoms with Crippen LogP contribution in [-0.4, -0.2) is 25.5 Å². The van der Waals surface area contributed by atoms with Crippen molar-refractivity contribution in [2.45, 2.75) is 13.3 Å². The number of hydrogen-bond acceptors (Lipinski definition) is 4. The van der Waals surface area contributed by atoms with Crippen LogP contribution in [0, 0.1) is 5.82 Å². The molecular weight excluding hydrogens is 444 g/mol. The summed E-state index contributed by atoms with van der Waals surface area (Å²) in [6, 6.07) is 14.4. The van der Waals surface area contributed by atoms with Crippen molar-refractivity contribution in [2.24, 2.45) is 0 Å². The van der Waals surface area contributed by atoms with Gasteiger partial charge in [0.25, 0.3) is 5.91 Å². The molecule has 0 aliphatic carbocycles. The zero-order chi connectivity index (χ0) is 21.8. The van der Waals surface area contributed by atoms with Crippen LogP contribution in [0.5, 0.6) is 5.75 Å². The fourth-order valence-electron chi connectivity index (χ4n) is 2.80. The summed E-state index contributed by atoms with van der Waals surface area (Å²) in [7, 11) is 0. The van der Waals surface area contributed by atoms with Gasteiger partial charge in [0.1, 0.15) is 11.6 Å². The van der Waals surface area contributed by atoms with E-state index in [1.54, 1.807) is 59.5 Å². The number of carbonyl (C=O) groups is 1. The van der Waals surface area contributed by atoms with Crippen LogP contribution in [-0.2, 0) is 13.3 Å². The first-order chi connectivity index (χ1) is 15.0. The summed E-state index contributed by atoms with van der Waals surface area (Å²) in [5.74, 6) is 0.0897. The smallest absolute Gasteiger partial charge is 0.277 e. The van der Waals surface area contributed by atoms with Gasteiger partial charge in [0.05, 0.1) is 11.6 Å². The van der Waals surface area contributed by atoms with E-state index in [1.807, 2.05) is 0 Å². The topological polar surface area (TPSA) is 74.0 Å². The molecular formula is C21H16Cl2FN5O2. The maximum atomic E-state index is 13.3. The lowest BCUT2D eigenvalue weighted by atomic mass is 10.2. The first-order valence-electron chi connectivity index (χ1n) is 9.17. The first-order valence-corrected chi connectivity index (χ1v) is 9.92. The van der Waals surface area contributed by atoms with E-state index in [0.717, 1.165) is 5.56 Å². The van der Waals surface area contributed by atoms with Gasteiger partial charge in [-0.15, -0.1) is 0 Å². The molecule has 7 nitrogen and oxygen atoms in total. The number of rotatable bonds is 7. The summed E-state index contributed by atoms with van der Waals surface area (Å²) in [6.07, 6.45) is 3.31. The summed E-state index contributed by atoms with van der Waals surface area (Å²) >= 11 is 11.9. The van der Waals surface area contributed by atoms with Crippen LogP contribution >= 0.6 is 23.2 Å². The molecule has 0 fully saturated rings. The number of benzene rings is 2. The Kier molecular flexibility index (Phi) is 6.20. The van der Waals surface area contributed by atoms with Gasteiger partial charge in [-0.2, -0.15) is 10.2 Å². The van der Waals surface area contributed by atoms with Gasteiger partial charge in [-0.05, 0) is 42.0 Å². The van der Waals surface area contributed by atoms with Gasteiger partial charge in [0.15, 0.2) is 18.2 Å². The molecule has 0 spiro atoms. The van der Waals surface area contributed by atoms with E-state index >= 15 is 0 Å². The zero-order valence-corrected chi connectivity index (χ0v) is 17.5. The minimum Gasteiger partial charge on any atom is -0.470 e. The van der Waals surface area contributed by atoms with Crippen molar-refractivity contribution in [3.05, 3.63) is 94.1 Å². The van der Waals surface area contributed by atoms with Crippen molar-refractivity contribution in [3.63, 3.8) is 0 Å². The van der Waals surface area contributed by atoms with Crippen LogP contribution in [0.3, 0.4) is 0 Å². The van der Waals surface area contributed by atoms with Crippen molar-refractivity contribution in [1.82, 2.24) is 19.6 Å². The van der Waals surface area contributed by atoms with Crippen molar-refractivity contribution in [2.75, 3.05) is 5.32 Å². The molecule has 2 aromatic heterocycles. The lowest BCUT2D eigenvalue weighted by Gasteiger charge is -2.08. The predicted molar refractivity (Wildman–Crippen MR) is 115 cm³/mol. The fraction of sp³-hybridized carbons (Fsp3) is 0.0952. The number of hydrogen-bond donors (Lipinski definition) is 1. The maximum absolute atomic E-state index is 13.3. The molecule has 4 aromatic rings. The Bertz CT molecular complexity index is 1220. The number of anilines is 1. The third kappa shape index (κ3) is 5.42. The van der Waals surface area contributed by atoms with E-state index in [4.69, 9.17) is 27.9 Å². The summed E-state index contributed by atoms with van der Waals surface area (Å²) in [6.45, 7) is 0.448. The van der Waals surface area contributed by atoms with Gasteiger partial charge in [-0.1, -0.05) is 35.3 Å². The Morgan fingerprint density at radius 3 is 2.68 bits per heavy atom. The van der Waals surface area contributed by atoms with E-state index < -0.39 is 5.91 Å². The highest BCUT2D eigenvalue weighted by Gasteiger charge is 2.12. The van der Waals surface area contributed by atoms with Crippen LogP contribution in [0.15, 0.2) is 67.0 Å². The molecule has 2 heterocycles. The standard InChI is InChI=1S/C21H16Cl2FN5O2/c22-15-4-5-19(17(23)11-15)31-13-29-8-6-18(26-29)21(30)25-20-7-9-28(27-20)12-14-2-1-3-16(24)10-14/h1-11H,12-13H2,(H,25,27,30). The Balaban J connectivity index is 1.34. The van der Waals surface area contributed by atoms with Crippen LogP contribution in [0.4, 0.5) is 10.2 Å². The molecule has 158 valence electrons. The van der Waals surface area contributed by atoms with Crippen LogP contribution < -0.4 is 10.1 Å². The summed E-state index contributed by atoms with van der Waals surface area (Å²) in [5.41, 5.74) is 0.964. The zero-order valence-electron chi connectivity index (χ0n) is 16.0. The van der Waals surface area contributed by atoms with Gasteiger partial charge in [-0.3, -0.25) is 9.48 Å². The Morgan fingerprint density at radius 2 is 1.87 bits per heavy atom. The second kappa shape index (κ2) is 9.20. The van der Waals surface area contributed by atoms with E-state index in [9.17, 15) is 9.18 Å². The molecule has 0 bridgehead atoms. The minimum atomic E-state index is -0.417. The first kappa shape index (κ1) is 20.9. The molecule has 31 heavy (non-hydrogen) atoms. The number of halogens is 3. The van der Waals surface area contributed by atoms with Crippen molar-refractivity contribution in [3.8, 4) is 5.75 Å². The lowest BCUT2D eigenvalue weighted by Crippen LogP contribution is -2.15. The normalized spacial score (nSPS) is 10.8. The third-order valence-electron chi connectivity index (χ3n) is 4.24. The average Bonchev–Trinajstić information content (AvgIpc) is 3.37. The largest absolute Gasteiger partial charge is 0.470 e. The number of nitrogens with zero attached hydrogens (tertiary/aromatic N) is 4. The van der Waals surface area contributed by atoms with Crippen LogP contribution in [0.1, 0.15) is 16.1 Å². The molecule has 0 unspecified atom stereocenters. The van der Waals surface area contributed by atoms with Crippen molar-refractivity contribution in [1.29, 1.82) is 0 Å². The number of carbonyl (C=O) groups excluding carboxylic acids is 1. The van der Waals surface area contributed by atoms with Gasteiger partial charge in [0, 0.05) is 23.5 Å². The van der Waals surface area contributed by atoms with Crippen LogP contribution in [0.25, 0.3) is 0 Å². The predicted octanol–water partition coefficient (Wildman–Crippen LogP) is 4.86. The second-order valence-electron chi connectivity index (χ2n) is 6.57. The molecule has 0 saturated heterocycles. The summed E-state index contributed by atoms with van der Waals surface area (Å²) in [5, 5.41) is 12.0. The molecule has 2 aromatic carbocycles. The SMILES string of the molecule is O=C(Nc1ccn(Cc2cccc(F)c2)n1)c1ccn(COc2ccc(Cl)cc2Cl)n1. The van der Waals surface area contributed by atoms with Gasteiger partial charge >= 0.3 is 0 Å². The van der Waals surface area contributed by atoms with Gasteiger partial charge in [-0.25, -0.2) is 9.07 Å². The van der Waals surface area contributed by atoms with E-state index in [-0.39, 0.29) is 18.2 Å². The number of ether oxygens (including phenoxy) is 1. The number of aromatic nitrogens is 4. The Hall–Kier alpha value is -3.36. The minimum absolute atomic E-state index is 0.0664. The van der Waals surface area contributed by atoms with Crippen LogP contribution in [0.2, 0.25) is 10.0 Å². The highest BCUT2D eigenvalue weighted by molar-refractivity contribution is 6.35. The Morgan fingerprint density at radius 1 is 1.03 bits per heavy atom. The Labute approximate surface area is 187 Å². The van der Waals surface area contributed by atoms with E-state index in [1.165, 1.54) is 16.8 Å². The molecule has 0 radical (unpaired) electrons. The lowest BCUT2D eigenvalue weighted by molar-refractivity contribution is 0.101. The van der Waals surface area contributed by atoms with Crippen molar-refractivity contribution < 1.29 is 13.9 Å². The van der Waals surface area contributed by atoms with Gasteiger partial charge in [0.2, 0.25) is 0 Å². The molecule has 1 amide bonds. The molecule has 0 aliphatic heterocycles. The average molecular weight is 460 g/mol. The molecule has 4 rings (SSSR count). The molecule has 0 aliphatic rings. The summed E-state index contributed by atoms with van der Waals surface area (Å²) < 4.78 is 22.0. The molecule has 0 saturated carbocycles. The third-order valence-corrected chi connectivity index (χ3v) is 4.77. The number of nitrogens with one attached hydrogen (secondary N) is 1. The quantitative estimate of drug-likeness (QED) is 0.428. The number of amides is 1. The van der Waals surface area contributed by atoms with E-state index in [0.29, 0.717) is 28.2 Å². The highest BCUT2D eigenvalue weighted by Crippen LogP contribution is 2.27. The summed E-state index contributed by atoms with van der Waals surface area (Å²) in [4.78, 5) is 12.4. The highest BCUT2D eigenvalue weighted by atomic mass is 35.5. The van der Waals surface area contributed by atoms with Gasteiger partial charge < -0.3 is 10.1 Å². The fourth-order valence-corrected chi connectivity index (χ4v) is 3.26. The monoisotopic (exact) mass is 459 g/mol.